The molecule has 8 rings (SSSR count). The maximum atomic E-state index is 17.1. The van der Waals surface area contributed by atoms with Crippen LogP contribution in [0.25, 0.3) is 32.9 Å². The zero-order valence-corrected chi connectivity index (χ0v) is 27.5. The van der Waals surface area contributed by atoms with Crippen molar-refractivity contribution in [3.63, 3.8) is 0 Å². The number of nitrogens with zero attached hydrogens (tertiary/aromatic N) is 5. The molecule has 1 amide bonds. The van der Waals surface area contributed by atoms with E-state index in [0.29, 0.717) is 53.2 Å². The van der Waals surface area contributed by atoms with Crippen molar-refractivity contribution in [1.82, 2.24) is 19.9 Å². The van der Waals surface area contributed by atoms with Crippen molar-refractivity contribution in [3.8, 4) is 35.4 Å². The van der Waals surface area contributed by atoms with Gasteiger partial charge in [-0.3, -0.25) is 9.88 Å². The highest BCUT2D eigenvalue weighted by atomic mass is 19.1. The lowest BCUT2D eigenvalue weighted by atomic mass is 9.94. The molecule has 0 radical (unpaired) electrons. The Kier molecular flexibility index (Phi) is 8.12. The van der Waals surface area contributed by atoms with Crippen LogP contribution in [-0.2, 0) is 9.47 Å². The molecule has 2 bridgehead atoms. The van der Waals surface area contributed by atoms with Gasteiger partial charge in [-0.25, -0.2) is 9.18 Å². The molecule has 2 unspecified atom stereocenters. The van der Waals surface area contributed by atoms with Gasteiger partial charge in [-0.1, -0.05) is 18.1 Å². The number of aromatic nitrogens is 3. The number of primary amides is 1. The first-order valence-electron chi connectivity index (χ1n) is 17.0. The largest absolute Gasteiger partial charge is 0.468 e. The SMILES string of the molecule is C#Cc1cccc2cc(OCOC)cc(-c3ncc4c(N5CC6CCC(C5)C6OC(N)=O)nc(OCC56CCCN5CCC6)nc4c3F)c12. The molecule has 4 aliphatic rings. The van der Waals surface area contributed by atoms with Crippen molar-refractivity contribution in [2.75, 3.05) is 51.6 Å². The lowest BCUT2D eigenvalue weighted by Crippen LogP contribution is -2.47. The smallest absolute Gasteiger partial charge is 0.404 e. The first kappa shape index (κ1) is 31.5. The molecular weight excluding hydrogens is 627 g/mol. The molecule has 254 valence electrons. The maximum absolute atomic E-state index is 17.1. The standard InChI is InChI=1S/C37H39FN6O5/c1-3-22-7-4-8-23-15-26(48-21-46-2)16-27(29(22)23)31-30(38)32-28(17-40-31)34(43-18-24-9-10-25(19-43)33(24)49-35(39)45)42-36(41-32)47-20-37-11-5-13-44(37)14-6-12-37/h1,4,7-8,15-17,24-25,33H,5-6,9-14,18-21H2,2H3,(H2,39,45). The highest BCUT2D eigenvalue weighted by molar-refractivity contribution is 6.03. The predicted molar refractivity (Wildman–Crippen MR) is 182 cm³/mol. The van der Waals surface area contributed by atoms with Gasteiger partial charge in [0.05, 0.1) is 10.9 Å². The number of methoxy groups -OCH3 is 1. The molecule has 49 heavy (non-hydrogen) atoms. The van der Waals surface area contributed by atoms with E-state index in [-0.39, 0.29) is 47.5 Å². The Morgan fingerprint density at radius 3 is 2.61 bits per heavy atom. The van der Waals surface area contributed by atoms with Gasteiger partial charge in [-0.05, 0) is 75.2 Å². The summed E-state index contributed by atoms with van der Waals surface area (Å²) in [6, 6.07) is 9.28. The molecular formula is C37H39FN6O5. The zero-order valence-electron chi connectivity index (χ0n) is 27.5. The summed E-state index contributed by atoms with van der Waals surface area (Å²) in [5, 5.41) is 1.93. The van der Waals surface area contributed by atoms with Gasteiger partial charge in [0, 0.05) is 54.7 Å². The van der Waals surface area contributed by atoms with Gasteiger partial charge in [0.2, 0.25) is 0 Å². The molecule has 1 saturated carbocycles. The molecule has 4 aromatic rings. The van der Waals surface area contributed by atoms with Crippen LogP contribution in [0.1, 0.15) is 44.1 Å². The van der Waals surface area contributed by atoms with Crippen LogP contribution in [0.2, 0.25) is 0 Å². The Morgan fingerprint density at radius 2 is 1.90 bits per heavy atom. The fourth-order valence-electron chi connectivity index (χ4n) is 8.76. The topological polar surface area (TPSA) is 125 Å². The summed E-state index contributed by atoms with van der Waals surface area (Å²) in [6.45, 7) is 3.71. The molecule has 4 fully saturated rings. The number of benzene rings is 2. The van der Waals surface area contributed by atoms with Crippen LogP contribution in [0, 0.1) is 30.0 Å². The van der Waals surface area contributed by atoms with E-state index < -0.39 is 11.9 Å². The van der Waals surface area contributed by atoms with E-state index in [1.165, 1.54) is 7.11 Å². The second-order valence-corrected chi connectivity index (χ2v) is 13.7. The third-order valence-corrected chi connectivity index (χ3v) is 10.9. The van der Waals surface area contributed by atoms with E-state index >= 15 is 4.39 Å². The minimum absolute atomic E-state index is 0.0206. The third kappa shape index (κ3) is 5.55. The molecule has 12 heteroatoms. The normalized spacial score (nSPS) is 22.7. The number of anilines is 1. The van der Waals surface area contributed by atoms with E-state index in [2.05, 4.69) is 15.7 Å². The van der Waals surface area contributed by atoms with E-state index in [4.69, 9.17) is 46.1 Å². The van der Waals surface area contributed by atoms with Crippen molar-refractivity contribution in [3.05, 3.63) is 47.9 Å². The van der Waals surface area contributed by atoms with Crippen LogP contribution in [0.3, 0.4) is 0 Å². The molecule has 2 aromatic heterocycles. The van der Waals surface area contributed by atoms with Crippen LogP contribution in [-0.4, -0.2) is 84.3 Å². The number of fused-ring (bicyclic) bond motifs is 5. The number of nitrogens with two attached hydrogens (primary N) is 1. The number of hydrogen-bond acceptors (Lipinski definition) is 10. The second kappa shape index (κ2) is 12.6. The first-order valence-corrected chi connectivity index (χ1v) is 17.0. The molecule has 0 spiro atoms. The Hall–Kier alpha value is -4.73. The highest BCUT2D eigenvalue weighted by Crippen LogP contribution is 2.44. The minimum Gasteiger partial charge on any atom is -0.468 e. The number of hydrogen-bond donors (Lipinski definition) is 1. The second-order valence-electron chi connectivity index (χ2n) is 13.7. The van der Waals surface area contributed by atoms with Crippen LogP contribution in [0.15, 0.2) is 36.5 Å². The van der Waals surface area contributed by atoms with Crippen molar-refractivity contribution >= 4 is 33.6 Å². The van der Waals surface area contributed by atoms with Crippen LogP contribution < -0.4 is 20.1 Å². The Morgan fingerprint density at radius 1 is 1.12 bits per heavy atom. The van der Waals surface area contributed by atoms with Gasteiger partial charge >= 0.3 is 12.1 Å². The van der Waals surface area contributed by atoms with Crippen LogP contribution in [0.5, 0.6) is 11.8 Å². The van der Waals surface area contributed by atoms with E-state index in [1.807, 2.05) is 24.3 Å². The van der Waals surface area contributed by atoms with Gasteiger partial charge in [0.25, 0.3) is 0 Å². The number of carbonyl (C=O) groups is 1. The number of amides is 1. The Bertz CT molecular complexity index is 1960. The van der Waals surface area contributed by atoms with Gasteiger partial charge in [0.1, 0.15) is 35.5 Å². The number of halogens is 1. The molecule has 2 atom stereocenters. The lowest BCUT2D eigenvalue weighted by molar-refractivity contribution is 0.0485. The lowest BCUT2D eigenvalue weighted by Gasteiger charge is -2.38. The number of piperidine rings is 1. The molecule has 5 heterocycles. The summed E-state index contributed by atoms with van der Waals surface area (Å²) < 4.78 is 40.0. The summed E-state index contributed by atoms with van der Waals surface area (Å²) in [7, 11) is 1.54. The molecule has 1 aliphatic carbocycles. The average molecular weight is 667 g/mol. The van der Waals surface area contributed by atoms with Gasteiger partial charge in [-0.2, -0.15) is 9.97 Å². The predicted octanol–water partition coefficient (Wildman–Crippen LogP) is 5.27. The highest BCUT2D eigenvalue weighted by Gasteiger charge is 2.46. The first-order chi connectivity index (χ1) is 23.9. The zero-order chi connectivity index (χ0) is 33.7. The monoisotopic (exact) mass is 666 g/mol. The van der Waals surface area contributed by atoms with E-state index in [9.17, 15) is 4.79 Å². The fraction of sp³-hybridized carbons (Fsp3) is 0.459. The van der Waals surface area contributed by atoms with Gasteiger partial charge < -0.3 is 29.6 Å². The number of pyridine rings is 1. The maximum Gasteiger partial charge on any atom is 0.404 e. The van der Waals surface area contributed by atoms with Gasteiger partial charge in [-0.15, -0.1) is 6.42 Å². The summed E-state index contributed by atoms with van der Waals surface area (Å²) in [6.07, 6.45) is 12.7. The van der Waals surface area contributed by atoms with E-state index in [0.717, 1.165) is 57.0 Å². The minimum atomic E-state index is -0.762. The quantitative estimate of drug-likeness (QED) is 0.187. The van der Waals surface area contributed by atoms with Crippen LogP contribution >= 0.6 is 0 Å². The van der Waals surface area contributed by atoms with E-state index in [1.54, 1.807) is 12.3 Å². The van der Waals surface area contributed by atoms with Crippen molar-refractivity contribution in [1.29, 1.82) is 0 Å². The van der Waals surface area contributed by atoms with Crippen molar-refractivity contribution in [2.24, 2.45) is 17.6 Å². The summed E-state index contributed by atoms with van der Waals surface area (Å²) in [5.74, 6) is 3.31. The third-order valence-electron chi connectivity index (χ3n) is 10.9. The number of ether oxygens (including phenoxy) is 4. The molecule has 3 aliphatic heterocycles. The number of terminal acetylenes is 1. The number of rotatable bonds is 9. The fourth-order valence-corrected chi connectivity index (χ4v) is 8.76. The van der Waals surface area contributed by atoms with Crippen LogP contribution in [0.4, 0.5) is 15.0 Å². The Labute approximate surface area is 283 Å². The number of carbonyl (C=O) groups excluding carboxylic acids is 1. The van der Waals surface area contributed by atoms with Crippen molar-refractivity contribution < 1.29 is 28.1 Å². The summed E-state index contributed by atoms with van der Waals surface area (Å²) in [4.78, 5) is 30.6. The molecule has 2 N–H and O–H groups in total. The summed E-state index contributed by atoms with van der Waals surface area (Å²) in [5.41, 5.74) is 6.64. The summed E-state index contributed by atoms with van der Waals surface area (Å²) >= 11 is 0. The van der Waals surface area contributed by atoms with Crippen molar-refractivity contribution in [2.45, 2.75) is 50.2 Å². The van der Waals surface area contributed by atoms with Gasteiger partial charge in [0.15, 0.2) is 12.6 Å². The average Bonchev–Trinajstić information content (AvgIpc) is 3.75. The Balaban J connectivity index is 1.25. The molecule has 11 nitrogen and oxygen atoms in total. The molecule has 2 aromatic carbocycles. The molecule has 3 saturated heterocycles.